The van der Waals surface area contributed by atoms with Crippen LogP contribution >= 0.6 is 0 Å². The number of ketones is 1. The van der Waals surface area contributed by atoms with Crippen LogP contribution < -0.4 is 0 Å². The minimum Gasteiger partial charge on any atom is -0.481 e. The number of halogens is 1. The Labute approximate surface area is 161 Å². The normalized spacial score (nSPS) is 21.5. The van der Waals surface area contributed by atoms with E-state index in [2.05, 4.69) is 0 Å². The molecule has 2 aromatic rings. The first-order valence-electron chi connectivity index (χ1n) is 9.37. The number of aliphatic carboxylic acids is 1. The topological polar surface area (TPSA) is 74.7 Å². The van der Waals surface area contributed by atoms with E-state index in [4.69, 9.17) is 0 Å². The number of rotatable bonds is 5. The smallest absolute Gasteiger partial charge is 0.308 e. The average Bonchev–Trinajstić information content (AvgIpc) is 3.45. The number of carboxylic acids is 1. The van der Waals surface area contributed by atoms with Crippen LogP contribution in [-0.2, 0) is 4.79 Å². The van der Waals surface area contributed by atoms with Crippen LogP contribution in [0, 0.1) is 23.6 Å². The van der Waals surface area contributed by atoms with Crippen LogP contribution in [0.3, 0.4) is 0 Å². The maximum Gasteiger partial charge on any atom is 0.308 e. The van der Waals surface area contributed by atoms with Crippen LogP contribution in [0.25, 0.3) is 0 Å². The first kappa shape index (κ1) is 18.3. The highest BCUT2D eigenvalue weighted by Crippen LogP contribution is 2.44. The Hall–Kier alpha value is -3.02. The lowest BCUT2D eigenvalue weighted by molar-refractivity contribution is -0.142. The van der Waals surface area contributed by atoms with Crippen molar-refractivity contribution in [3.05, 3.63) is 71.0 Å². The van der Waals surface area contributed by atoms with Crippen LogP contribution in [0.15, 0.2) is 48.5 Å². The fourth-order valence-corrected chi connectivity index (χ4v) is 4.05. The molecule has 1 aliphatic heterocycles. The largest absolute Gasteiger partial charge is 0.481 e. The van der Waals surface area contributed by atoms with E-state index < -0.39 is 17.7 Å². The monoisotopic (exact) mass is 381 g/mol. The van der Waals surface area contributed by atoms with E-state index in [1.165, 1.54) is 24.3 Å². The predicted molar refractivity (Wildman–Crippen MR) is 99.5 cm³/mol. The third-order valence-corrected chi connectivity index (χ3v) is 5.71. The number of nitrogens with zero attached hydrogens (tertiary/aromatic N) is 1. The van der Waals surface area contributed by atoms with Gasteiger partial charge in [-0.25, -0.2) is 4.39 Å². The molecule has 2 aliphatic rings. The number of hydrogen-bond acceptors (Lipinski definition) is 3. The van der Waals surface area contributed by atoms with E-state index >= 15 is 0 Å². The van der Waals surface area contributed by atoms with Gasteiger partial charge in [-0.1, -0.05) is 18.2 Å². The molecule has 2 aromatic carbocycles. The van der Waals surface area contributed by atoms with E-state index in [0.717, 1.165) is 12.8 Å². The molecule has 1 N–H and O–H groups in total. The molecule has 2 fully saturated rings. The fourth-order valence-electron chi connectivity index (χ4n) is 4.05. The Morgan fingerprint density at radius 3 is 2.18 bits per heavy atom. The highest BCUT2D eigenvalue weighted by molar-refractivity contribution is 6.15. The standard InChI is InChI=1S/C22H20FNO4/c23-15-9-7-14(8-10-15)20(25)16-3-1-2-4-17(16)21(26)24-11-18(13-5-6-13)19(12-24)22(27)28/h1-4,7-10,13,18-19H,5-6,11-12H2,(H,27,28)/t18-,19+/m1/s1. The molecule has 0 spiro atoms. The molecule has 0 radical (unpaired) electrons. The summed E-state index contributed by atoms with van der Waals surface area (Å²) in [5.41, 5.74) is 0.778. The van der Waals surface area contributed by atoms with Crippen LogP contribution in [0.1, 0.15) is 39.1 Å². The maximum atomic E-state index is 13.2. The van der Waals surface area contributed by atoms with Crippen molar-refractivity contribution in [3.8, 4) is 0 Å². The second kappa shape index (κ2) is 7.19. The van der Waals surface area contributed by atoms with Gasteiger partial charge in [0.15, 0.2) is 5.78 Å². The summed E-state index contributed by atoms with van der Waals surface area (Å²) < 4.78 is 13.2. The van der Waals surface area contributed by atoms with Gasteiger partial charge in [-0.3, -0.25) is 14.4 Å². The van der Waals surface area contributed by atoms with Crippen LogP contribution in [0.5, 0.6) is 0 Å². The maximum absolute atomic E-state index is 13.2. The molecule has 0 bridgehead atoms. The molecule has 28 heavy (non-hydrogen) atoms. The number of likely N-dealkylation sites (tertiary alicyclic amines) is 1. The Kier molecular flexibility index (Phi) is 4.71. The van der Waals surface area contributed by atoms with Crippen molar-refractivity contribution < 1.29 is 23.9 Å². The van der Waals surface area contributed by atoms with Gasteiger partial charge < -0.3 is 10.0 Å². The predicted octanol–water partition coefficient (Wildman–Crippen LogP) is 3.24. The van der Waals surface area contributed by atoms with Gasteiger partial charge >= 0.3 is 5.97 Å². The summed E-state index contributed by atoms with van der Waals surface area (Å²) in [6, 6.07) is 11.7. The first-order valence-corrected chi connectivity index (χ1v) is 9.37. The lowest BCUT2D eigenvalue weighted by atomic mass is 9.92. The SMILES string of the molecule is O=C(c1ccc(F)cc1)c1ccccc1C(=O)N1C[C@H](C(=O)O)[C@@H](C2CC2)C1. The Morgan fingerprint density at radius 2 is 1.57 bits per heavy atom. The number of hydrogen-bond donors (Lipinski definition) is 1. The van der Waals surface area contributed by atoms with Crippen molar-refractivity contribution in [2.45, 2.75) is 12.8 Å². The summed E-state index contributed by atoms with van der Waals surface area (Å²) in [5, 5.41) is 9.52. The Morgan fingerprint density at radius 1 is 0.929 bits per heavy atom. The average molecular weight is 381 g/mol. The second-order valence-corrected chi connectivity index (χ2v) is 7.54. The van der Waals surface area contributed by atoms with Gasteiger partial charge in [0.2, 0.25) is 0 Å². The third kappa shape index (κ3) is 3.42. The molecular weight excluding hydrogens is 361 g/mol. The number of benzene rings is 2. The fraction of sp³-hybridized carbons (Fsp3) is 0.318. The van der Waals surface area contributed by atoms with E-state index in [-0.39, 0.29) is 35.3 Å². The van der Waals surface area contributed by atoms with Crippen LogP contribution in [0.4, 0.5) is 4.39 Å². The number of carboxylic acid groups (broad SMARTS) is 1. The van der Waals surface area contributed by atoms with Crippen molar-refractivity contribution in [3.63, 3.8) is 0 Å². The molecule has 5 nitrogen and oxygen atoms in total. The van der Waals surface area contributed by atoms with E-state index in [9.17, 15) is 23.9 Å². The van der Waals surface area contributed by atoms with Gasteiger partial charge in [0.25, 0.3) is 5.91 Å². The zero-order valence-corrected chi connectivity index (χ0v) is 15.2. The van der Waals surface area contributed by atoms with Crippen molar-refractivity contribution in [2.75, 3.05) is 13.1 Å². The van der Waals surface area contributed by atoms with Crippen molar-refractivity contribution in [2.24, 2.45) is 17.8 Å². The van der Waals surface area contributed by atoms with E-state index in [1.54, 1.807) is 29.2 Å². The second-order valence-electron chi connectivity index (χ2n) is 7.54. The summed E-state index contributed by atoms with van der Waals surface area (Å²) in [7, 11) is 0. The molecule has 1 saturated carbocycles. The van der Waals surface area contributed by atoms with Crippen molar-refractivity contribution in [1.82, 2.24) is 4.90 Å². The summed E-state index contributed by atoms with van der Waals surface area (Å²) in [4.78, 5) is 39.2. The zero-order chi connectivity index (χ0) is 19.8. The van der Waals surface area contributed by atoms with Gasteiger partial charge in [-0.15, -0.1) is 0 Å². The third-order valence-electron chi connectivity index (χ3n) is 5.71. The van der Waals surface area contributed by atoms with Crippen molar-refractivity contribution >= 4 is 17.7 Å². The summed E-state index contributed by atoms with van der Waals surface area (Å²) in [6.45, 7) is 0.563. The zero-order valence-electron chi connectivity index (χ0n) is 15.2. The van der Waals surface area contributed by atoms with Gasteiger partial charge in [0.1, 0.15) is 5.82 Å². The molecule has 1 saturated heterocycles. The molecular formula is C22H20FNO4. The van der Waals surface area contributed by atoms with Gasteiger partial charge in [-0.05, 0) is 55.0 Å². The van der Waals surface area contributed by atoms with Crippen LogP contribution in [-0.4, -0.2) is 40.8 Å². The minimum absolute atomic E-state index is 0.0265. The molecule has 144 valence electrons. The molecule has 1 amide bonds. The molecule has 0 unspecified atom stereocenters. The highest BCUT2D eigenvalue weighted by Gasteiger charge is 2.47. The van der Waals surface area contributed by atoms with Crippen LogP contribution in [0.2, 0.25) is 0 Å². The lowest BCUT2D eigenvalue weighted by Crippen LogP contribution is -2.31. The van der Waals surface area contributed by atoms with Crippen molar-refractivity contribution in [1.29, 1.82) is 0 Å². The Bertz CT molecular complexity index is 936. The number of carbonyl (C=O) groups is 3. The quantitative estimate of drug-likeness (QED) is 0.807. The lowest BCUT2D eigenvalue weighted by Gasteiger charge is -2.18. The van der Waals surface area contributed by atoms with Gasteiger partial charge in [0.05, 0.1) is 11.5 Å². The van der Waals surface area contributed by atoms with Gasteiger partial charge in [-0.2, -0.15) is 0 Å². The minimum atomic E-state index is -0.872. The number of carbonyl (C=O) groups excluding carboxylic acids is 2. The first-order chi connectivity index (χ1) is 13.5. The summed E-state index contributed by atoms with van der Waals surface area (Å²) in [5.74, 6) is -2.23. The molecule has 2 atom stereocenters. The number of amides is 1. The molecule has 0 aromatic heterocycles. The Balaban J connectivity index is 1.61. The van der Waals surface area contributed by atoms with Gasteiger partial charge in [0, 0.05) is 24.2 Å². The van der Waals surface area contributed by atoms with E-state index in [0.29, 0.717) is 18.0 Å². The summed E-state index contributed by atoms with van der Waals surface area (Å²) in [6.07, 6.45) is 2.02. The molecule has 4 rings (SSSR count). The highest BCUT2D eigenvalue weighted by atomic mass is 19.1. The molecule has 6 heteroatoms. The molecule has 1 heterocycles. The summed E-state index contributed by atoms with van der Waals surface area (Å²) >= 11 is 0. The van der Waals surface area contributed by atoms with E-state index in [1.807, 2.05) is 0 Å². The molecule has 1 aliphatic carbocycles.